The summed E-state index contributed by atoms with van der Waals surface area (Å²) in [4.78, 5) is 12.2. The summed E-state index contributed by atoms with van der Waals surface area (Å²) in [6.07, 6.45) is 1.43. The first-order chi connectivity index (χ1) is 15.7. The number of phenolic OH excluding ortho intramolecular Hbond substituents is 3. The first-order valence-corrected chi connectivity index (χ1v) is 10.2. The summed E-state index contributed by atoms with van der Waals surface area (Å²) in [6, 6.07) is 11.1. The van der Waals surface area contributed by atoms with Crippen LogP contribution in [0.4, 0.5) is 0 Å². The van der Waals surface area contributed by atoms with Gasteiger partial charge in [-0.1, -0.05) is 11.6 Å². The van der Waals surface area contributed by atoms with E-state index in [1.807, 2.05) is 32.0 Å². The topological polar surface area (TPSA) is 121 Å². The van der Waals surface area contributed by atoms with Gasteiger partial charge in [-0.15, -0.1) is 0 Å². The highest BCUT2D eigenvalue weighted by molar-refractivity contribution is 6.32. The van der Waals surface area contributed by atoms with Crippen molar-refractivity contribution in [2.75, 3.05) is 7.11 Å². The highest BCUT2D eigenvalue weighted by Crippen LogP contribution is 2.35. The van der Waals surface area contributed by atoms with E-state index in [9.17, 15) is 20.1 Å². The summed E-state index contributed by atoms with van der Waals surface area (Å²) in [5, 5.41) is 33.0. The molecule has 0 fully saturated rings. The van der Waals surface area contributed by atoms with Gasteiger partial charge >= 0.3 is 0 Å². The quantitative estimate of drug-likeness (QED) is 0.230. The molecule has 0 atom stereocenters. The molecular weight excluding hydrogens is 448 g/mol. The van der Waals surface area contributed by atoms with Gasteiger partial charge in [-0.3, -0.25) is 4.79 Å². The fraction of sp³-hybridized carbons (Fsp3) is 0.167. The van der Waals surface area contributed by atoms with Crippen molar-refractivity contribution >= 4 is 23.7 Å². The van der Waals surface area contributed by atoms with Crippen molar-refractivity contribution in [1.29, 1.82) is 0 Å². The minimum atomic E-state index is -0.702. The van der Waals surface area contributed by atoms with Crippen LogP contribution in [-0.2, 0) is 6.61 Å². The SMILES string of the molecule is COc1ccc(C=NNC(=O)c2cc(O)c(O)c(O)c2)cc1COc1cc(C)c(Cl)c(C)c1. The number of hydrogen-bond donors (Lipinski definition) is 4. The van der Waals surface area contributed by atoms with E-state index in [-0.39, 0.29) is 12.2 Å². The van der Waals surface area contributed by atoms with Crippen molar-refractivity contribution in [3.05, 3.63) is 75.3 Å². The van der Waals surface area contributed by atoms with Crippen LogP contribution in [-0.4, -0.2) is 34.6 Å². The largest absolute Gasteiger partial charge is 0.504 e. The number of halogens is 1. The monoisotopic (exact) mass is 470 g/mol. The van der Waals surface area contributed by atoms with E-state index in [1.165, 1.54) is 6.21 Å². The average molecular weight is 471 g/mol. The number of methoxy groups -OCH3 is 1. The number of hydrazone groups is 1. The molecule has 0 radical (unpaired) electrons. The number of aromatic hydroxyl groups is 3. The first-order valence-electron chi connectivity index (χ1n) is 9.84. The van der Waals surface area contributed by atoms with Crippen LogP contribution in [0.3, 0.4) is 0 Å². The Kier molecular flexibility index (Phi) is 7.30. The standard InChI is InChI=1S/C24H23ClN2O6/c1-13-6-18(7-14(2)22(13)25)33-12-17-8-15(4-5-21(17)32-3)11-26-27-24(31)16-9-19(28)23(30)20(29)10-16/h4-11,28-30H,12H2,1-3H3,(H,27,31). The van der Waals surface area contributed by atoms with Crippen LogP contribution in [0.1, 0.15) is 32.6 Å². The summed E-state index contributed by atoms with van der Waals surface area (Å²) in [5.41, 5.74) is 5.51. The molecule has 33 heavy (non-hydrogen) atoms. The molecule has 0 spiro atoms. The number of hydrogen-bond acceptors (Lipinski definition) is 7. The van der Waals surface area contributed by atoms with Crippen LogP contribution in [0, 0.1) is 13.8 Å². The van der Waals surface area contributed by atoms with Gasteiger partial charge in [0.1, 0.15) is 18.1 Å². The van der Waals surface area contributed by atoms with Crippen LogP contribution in [0.5, 0.6) is 28.7 Å². The van der Waals surface area contributed by atoms with Crippen molar-refractivity contribution in [2.45, 2.75) is 20.5 Å². The van der Waals surface area contributed by atoms with Gasteiger partial charge in [0.05, 0.1) is 13.3 Å². The second-order valence-electron chi connectivity index (χ2n) is 7.29. The maximum atomic E-state index is 12.2. The van der Waals surface area contributed by atoms with E-state index < -0.39 is 23.2 Å². The van der Waals surface area contributed by atoms with Crippen LogP contribution in [0.2, 0.25) is 5.02 Å². The van der Waals surface area contributed by atoms with E-state index >= 15 is 0 Å². The number of benzene rings is 3. The second-order valence-corrected chi connectivity index (χ2v) is 7.67. The third-order valence-electron chi connectivity index (χ3n) is 4.82. The minimum Gasteiger partial charge on any atom is -0.504 e. The lowest BCUT2D eigenvalue weighted by atomic mass is 10.1. The molecule has 172 valence electrons. The van der Waals surface area contributed by atoms with E-state index in [0.717, 1.165) is 28.8 Å². The number of phenols is 3. The van der Waals surface area contributed by atoms with E-state index in [4.69, 9.17) is 21.1 Å². The first kappa shape index (κ1) is 23.7. The van der Waals surface area contributed by atoms with Crippen LogP contribution in [0.25, 0.3) is 0 Å². The molecule has 0 bridgehead atoms. The smallest absolute Gasteiger partial charge is 0.271 e. The molecule has 0 heterocycles. The zero-order valence-corrected chi connectivity index (χ0v) is 19.0. The Balaban J connectivity index is 1.71. The number of amides is 1. The summed E-state index contributed by atoms with van der Waals surface area (Å²) in [5.74, 6) is -1.30. The number of nitrogens with zero attached hydrogens (tertiary/aromatic N) is 1. The summed E-state index contributed by atoms with van der Waals surface area (Å²) in [7, 11) is 1.56. The lowest BCUT2D eigenvalue weighted by Gasteiger charge is -2.13. The number of aryl methyl sites for hydroxylation is 2. The zero-order chi connectivity index (χ0) is 24.1. The molecule has 0 saturated heterocycles. The maximum absolute atomic E-state index is 12.2. The van der Waals surface area contributed by atoms with Gasteiger partial charge in [0.25, 0.3) is 5.91 Å². The van der Waals surface area contributed by atoms with Crippen molar-refractivity contribution < 1.29 is 29.6 Å². The third kappa shape index (κ3) is 5.67. The van der Waals surface area contributed by atoms with Gasteiger partial charge < -0.3 is 24.8 Å². The van der Waals surface area contributed by atoms with Gasteiger partial charge in [0.15, 0.2) is 17.2 Å². The normalized spacial score (nSPS) is 10.9. The van der Waals surface area contributed by atoms with Crippen molar-refractivity contribution in [2.24, 2.45) is 5.10 Å². The average Bonchev–Trinajstić information content (AvgIpc) is 2.79. The number of ether oxygens (including phenoxy) is 2. The highest BCUT2D eigenvalue weighted by Gasteiger charge is 2.13. The van der Waals surface area contributed by atoms with E-state index in [2.05, 4.69) is 10.5 Å². The molecule has 3 aromatic carbocycles. The molecule has 1 amide bonds. The Bertz CT molecular complexity index is 1180. The van der Waals surface area contributed by atoms with Crippen molar-refractivity contribution in [3.63, 3.8) is 0 Å². The Labute approximate surface area is 195 Å². The van der Waals surface area contributed by atoms with Crippen LogP contribution < -0.4 is 14.9 Å². The van der Waals surface area contributed by atoms with E-state index in [1.54, 1.807) is 19.2 Å². The third-order valence-corrected chi connectivity index (χ3v) is 5.42. The Morgan fingerprint density at radius 2 is 1.70 bits per heavy atom. The molecule has 3 aromatic rings. The zero-order valence-electron chi connectivity index (χ0n) is 18.2. The van der Waals surface area contributed by atoms with Gasteiger partial charge in [-0.25, -0.2) is 5.43 Å². The Morgan fingerprint density at radius 3 is 2.30 bits per heavy atom. The lowest BCUT2D eigenvalue weighted by molar-refractivity contribution is 0.0954. The van der Waals surface area contributed by atoms with Gasteiger partial charge in [-0.2, -0.15) is 5.10 Å². The lowest BCUT2D eigenvalue weighted by Crippen LogP contribution is -2.17. The second kappa shape index (κ2) is 10.1. The molecule has 0 unspecified atom stereocenters. The number of nitrogens with one attached hydrogen (secondary N) is 1. The highest BCUT2D eigenvalue weighted by atomic mass is 35.5. The van der Waals surface area contributed by atoms with Crippen LogP contribution in [0.15, 0.2) is 47.6 Å². The molecule has 4 N–H and O–H groups in total. The number of carbonyl (C=O) groups excluding carboxylic acids is 1. The Hall–Kier alpha value is -3.91. The predicted octanol–water partition coefficient (Wildman–Crippen LogP) is 4.43. The fourth-order valence-electron chi connectivity index (χ4n) is 3.11. The van der Waals surface area contributed by atoms with Crippen molar-refractivity contribution in [1.82, 2.24) is 5.43 Å². The minimum absolute atomic E-state index is 0.0719. The summed E-state index contributed by atoms with van der Waals surface area (Å²) >= 11 is 6.21. The molecule has 3 rings (SSSR count). The van der Waals surface area contributed by atoms with Crippen molar-refractivity contribution in [3.8, 4) is 28.7 Å². The Morgan fingerprint density at radius 1 is 1.06 bits per heavy atom. The number of rotatable bonds is 7. The number of carbonyl (C=O) groups is 1. The molecule has 9 heteroatoms. The summed E-state index contributed by atoms with van der Waals surface area (Å²) in [6.45, 7) is 4.06. The van der Waals surface area contributed by atoms with Crippen LogP contribution >= 0.6 is 11.6 Å². The molecular formula is C24H23ClN2O6. The summed E-state index contributed by atoms with van der Waals surface area (Å²) < 4.78 is 11.3. The van der Waals surface area contributed by atoms with Gasteiger partial charge in [-0.05, 0) is 73.0 Å². The predicted molar refractivity (Wildman–Crippen MR) is 125 cm³/mol. The molecule has 0 aliphatic heterocycles. The molecule has 0 aliphatic rings. The molecule has 0 aliphatic carbocycles. The molecule has 8 nitrogen and oxygen atoms in total. The molecule has 0 aromatic heterocycles. The van der Waals surface area contributed by atoms with Gasteiger partial charge in [0, 0.05) is 16.1 Å². The maximum Gasteiger partial charge on any atom is 0.271 e. The van der Waals surface area contributed by atoms with E-state index in [0.29, 0.717) is 22.1 Å². The molecule has 0 saturated carbocycles. The van der Waals surface area contributed by atoms with Gasteiger partial charge in [0.2, 0.25) is 0 Å². The fourth-order valence-corrected chi connectivity index (χ4v) is 3.22.